The molecule has 2 aliphatic carbocycles. The van der Waals surface area contributed by atoms with E-state index in [-0.39, 0.29) is 11.5 Å². The van der Waals surface area contributed by atoms with Crippen LogP contribution in [0, 0.1) is 5.92 Å². The van der Waals surface area contributed by atoms with Crippen molar-refractivity contribution in [1.29, 1.82) is 0 Å². The Bertz CT molecular complexity index is 1100. The molecule has 0 amide bonds. The summed E-state index contributed by atoms with van der Waals surface area (Å²) in [5, 5.41) is 0.547. The normalized spacial score (nSPS) is 18.6. The van der Waals surface area contributed by atoms with Crippen molar-refractivity contribution < 1.29 is 9.53 Å². The SMILES string of the molecule is CCN(CC)CCCOc1ccc(C(=C[C@H]2CCC(=O)C2)c2ccc(C3CC3)c(=O)[nH]2)cc1Cl. The van der Waals surface area contributed by atoms with Gasteiger partial charge in [0.05, 0.1) is 11.6 Å². The van der Waals surface area contributed by atoms with Crippen LogP contribution >= 0.6 is 11.6 Å². The van der Waals surface area contributed by atoms with Crippen LogP contribution in [0.4, 0.5) is 0 Å². The number of carbonyl (C=O) groups excluding carboxylic acids is 1. The Morgan fingerprint density at radius 2 is 1.94 bits per heavy atom. The summed E-state index contributed by atoms with van der Waals surface area (Å²) >= 11 is 6.61. The molecule has 0 bridgehead atoms. The van der Waals surface area contributed by atoms with Gasteiger partial charge in [0.1, 0.15) is 11.5 Å². The minimum atomic E-state index is -0.0207. The van der Waals surface area contributed by atoms with Crippen molar-refractivity contribution in [1.82, 2.24) is 9.88 Å². The highest BCUT2D eigenvalue weighted by molar-refractivity contribution is 6.32. The fourth-order valence-electron chi connectivity index (χ4n) is 4.72. The van der Waals surface area contributed by atoms with E-state index in [0.717, 1.165) is 67.7 Å². The van der Waals surface area contributed by atoms with Crippen LogP contribution in [0.2, 0.25) is 5.02 Å². The number of rotatable bonds is 11. The standard InChI is InChI=1S/C28H35ClN2O3/c1-3-31(4-2)14-5-15-34-27-13-9-21(18-25(27)29)24(17-19-6-10-22(32)16-19)26-12-11-23(20-7-8-20)28(33)30-26/h9,11-13,17-20H,3-8,10,14-16H2,1-2H3,(H,30,33)/t19-/m0/s1. The number of carbonyl (C=O) groups is 1. The lowest BCUT2D eigenvalue weighted by molar-refractivity contribution is -0.117. The highest BCUT2D eigenvalue weighted by Crippen LogP contribution is 2.39. The van der Waals surface area contributed by atoms with Gasteiger partial charge in [-0.1, -0.05) is 43.7 Å². The van der Waals surface area contributed by atoms with Gasteiger partial charge < -0.3 is 14.6 Å². The molecule has 0 unspecified atom stereocenters. The predicted molar refractivity (Wildman–Crippen MR) is 138 cm³/mol. The first-order valence-electron chi connectivity index (χ1n) is 12.6. The molecule has 4 rings (SSSR count). The average Bonchev–Trinajstić information content (AvgIpc) is 3.59. The Kier molecular flexibility index (Phi) is 8.28. The molecule has 0 saturated heterocycles. The number of ether oxygens (including phenoxy) is 1. The number of halogens is 1. The topological polar surface area (TPSA) is 62.4 Å². The number of pyridine rings is 1. The molecule has 1 heterocycles. The fourth-order valence-corrected chi connectivity index (χ4v) is 4.95. The second kappa shape index (κ2) is 11.4. The first kappa shape index (κ1) is 24.7. The molecule has 1 N–H and O–H groups in total. The summed E-state index contributed by atoms with van der Waals surface area (Å²) in [5.74, 6) is 1.52. The van der Waals surface area contributed by atoms with Crippen molar-refractivity contribution in [2.45, 2.75) is 58.3 Å². The molecular weight excluding hydrogens is 448 g/mol. The summed E-state index contributed by atoms with van der Waals surface area (Å²) in [6.45, 7) is 8.02. The van der Waals surface area contributed by atoms with Crippen molar-refractivity contribution in [2.75, 3.05) is 26.2 Å². The fraction of sp³-hybridized carbons (Fsp3) is 0.500. The van der Waals surface area contributed by atoms with Gasteiger partial charge in [-0.15, -0.1) is 0 Å². The Labute approximate surface area is 207 Å². The van der Waals surface area contributed by atoms with E-state index in [1.807, 2.05) is 30.3 Å². The second-order valence-electron chi connectivity index (χ2n) is 9.43. The number of aromatic nitrogens is 1. The number of Topliss-reactive ketones (excluding diaryl/α,β-unsaturated/α-hetero) is 1. The number of hydrogen-bond acceptors (Lipinski definition) is 4. The number of hydrogen-bond donors (Lipinski definition) is 1. The number of aromatic amines is 1. The van der Waals surface area contributed by atoms with Gasteiger partial charge in [0.2, 0.25) is 0 Å². The molecule has 6 heteroatoms. The summed E-state index contributed by atoms with van der Waals surface area (Å²) in [5.41, 5.74) is 3.43. The monoisotopic (exact) mass is 482 g/mol. The molecule has 1 atom stereocenters. The van der Waals surface area contributed by atoms with E-state index in [9.17, 15) is 9.59 Å². The molecule has 0 aliphatic heterocycles. The van der Waals surface area contributed by atoms with Gasteiger partial charge in [0, 0.05) is 36.2 Å². The number of nitrogens with zero attached hydrogens (tertiary/aromatic N) is 1. The molecule has 34 heavy (non-hydrogen) atoms. The molecule has 182 valence electrons. The Balaban J connectivity index is 1.55. The summed E-state index contributed by atoms with van der Waals surface area (Å²) in [7, 11) is 0. The van der Waals surface area contributed by atoms with Crippen LogP contribution < -0.4 is 10.3 Å². The Morgan fingerprint density at radius 3 is 2.56 bits per heavy atom. The number of H-pyrrole nitrogens is 1. The van der Waals surface area contributed by atoms with Gasteiger partial charge in [-0.05, 0) is 74.4 Å². The third-order valence-corrected chi connectivity index (χ3v) is 7.24. The first-order valence-corrected chi connectivity index (χ1v) is 13.0. The van der Waals surface area contributed by atoms with Crippen molar-refractivity contribution in [3.8, 4) is 5.75 Å². The van der Waals surface area contributed by atoms with Crippen LogP contribution in [0.25, 0.3) is 5.57 Å². The summed E-state index contributed by atoms with van der Waals surface area (Å²) in [6.07, 6.45) is 7.25. The number of ketones is 1. The summed E-state index contributed by atoms with van der Waals surface area (Å²) in [4.78, 5) is 30.0. The van der Waals surface area contributed by atoms with E-state index < -0.39 is 0 Å². The second-order valence-corrected chi connectivity index (χ2v) is 9.83. The van der Waals surface area contributed by atoms with Crippen LogP contribution in [0.3, 0.4) is 0 Å². The van der Waals surface area contributed by atoms with Gasteiger partial charge >= 0.3 is 0 Å². The quantitative estimate of drug-likeness (QED) is 0.410. The van der Waals surface area contributed by atoms with Crippen LogP contribution in [-0.4, -0.2) is 41.9 Å². The largest absolute Gasteiger partial charge is 0.492 e. The maximum Gasteiger partial charge on any atom is 0.251 e. The highest BCUT2D eigenvalue weighted by Gasteiger charge is 2.27. The zero-order valence-corrected chi connectivity index (χ0v) is 21.0. The molecule has 2 aliphatic rings. The van der Waals surface area contributed by atoms with Gasteiger partial charge in [0.15, 0.2) is 0 Å². The highest BCUT2D eigenvalue weighted by atomic mass is 35.5. The first-order chi connectivity index (χ1) is 16.5. The van der Waals surface area contributed by atoms with Crippen molar-refractivity contribution in [3.05, 3.63) is 68.6 Å². The lowest BCUT2D eigenvalue weighted by atomic mass is 9.95. The zero-order chi connectivity index (χ0) is 24.1. The molecule has 2 saturated carbocycles. The molecule has 1 aromatic carbocycles. The molecule has 5 nitrogen and oxygen atoms in total. The van der Waals surface area contributed by atoms with Gasteiger partial charge in [-0.2, -0.15) is 0 Å². The van der Waals surface area contributed by atoms with Crippen molar-refractivity contribution in [2.24, 2.45) is 5.92 Å². The van der Waals surface area contributed by atoms with Gasteiger partial charge in [0.25, 0.3) is 5.56 Å². The molecule has 2 aromatic rings. The summed E-state index contributed by atoms with van der Waals surface area (Å²) < 4.78 is 5.95. The third kappa shape index (κ3) is 6.19. The molecular formula is C28H35ClN2O3. The van der Waals surface area contributed by atoms with Gasteiger partial charge in [-0.3, -0.25) is 9.59 Å². The van der Waals surface area contributed by atoms with Crippen LogP contribution in [0.5, 0.6) is 5.75 Å². The number of allylic oxidation sites excluding steroid dienone is 1. The van der Waals surface area contributed by atoms with Crippen molar-refractivity contribution in [3.63, 3.8) is 0 Å². The molecule has 0 radical (unpaired) electrons. The van der Waals surface area contributed by atoms with Gasteiger partial charge in [-0.25, -0.2) is 0 Å². The van der Waals surface area contributed by atoms with Crippen LogP contribution in [-0.2, 0) is 4.79 Å². The number of nitrogens with one attached hydrogen (secondary N) is 1. The lowest BCUT2D eigenvalue weighted by Gasteiger charge is -2.18. The average molecular weight is 483 g/mol. The summed E-state index contributed by atoms with van der Waals surface area (Å²) in [6, 6.07) is 9.73. The van der Waals surface area contributed by atoms with E-state index in [4.69, 9.17) is 16.3 Å². The molecule has 2 fully saturated rings. The minimum absolute atomic E-state index is 0.0207. The zero-order valence-electron chi connectivity index (χ0n) is 20.2. The lowest BCUT2D eigenvalue weighted by Crippen LogP contribution is -2.25. The Morgan fingerprint density at radius 1 is 1.15 bits per heavy atom. The third-order valence-electron chi connectivity index (χ3n) is 6.95. The molecule has 1 aromatic heterocycles. The van der Waals surface area contributed by atoms with E-state index in [1.54, 1.807) is 0 Å². The molecule has 0 spiro atoms. The van der Waals surface area contributed by atoms with Crippen molar-refractivity contribution >= 4 is 23.0 Å². The van der Waals surface area contributed by atoms with E-state index in [1.165, 1.54) is 0 Å². The number of benzene rings is 1. The maximum absolute atomic E-state index is 12.7. The van der Waals surface area contributed by atoms with E-state index in [2.05, 4.69) is 29.8 Å². The van der Waals surface area contributed by atoms with E-state index >= 15 is 0 Å². The van der Waals surface area contributed by atoms with E-state index in [0.29, 0.717) is 41.9 Å². The maximum atomic E-state index is 12.7. The predicted octanol–water partition coefficient (Wildman–Crippen LogP) is 5.82. The minimum Gasteiger partial charge on any atom is -0.492 e. The smallest absolute Gasteiger partial charge is 0.251 e. The van der Waals surface area contributed by atoms with Crippen LogP contribution in [0.15, 0.2) is 41.2 Å². The van der Waals surface area contributed by atoms with Crippen LogP contribution in [0.1, 0.15) is 75.1 Å². The Hall–Kier alpha value is -2.37.